The Kier molecular flexibility index (Phi) is 4.83. The van der Waals surface area contributed by atoms with Crippen molar-refractivity contribution in [3.63, 3.8) is 0 Å². The predicted molar refractivity (Wildman–Crippen MR) is 58.5 cm³/mol. The lowest BCUT2D eigenvalue weighted by atomic mass is 10.2. The zero-order valence-corrected chi connectivity index (χ0v) is 8.72. The minimum Gasteiger partial charge on any atom is -0.397 e. The number of hydrogen-bond donors (Lipinski definition) is 2. The van der Waals surface area contributed by atoms with Crippen molar-refractivity contribution in [3.8, 4) is 0 Å². The highest BCUT2D eigenvalue weighted by Gasteiger charge is 1.97. The van der Waals surface area contributed by atoms with Gasteiger partial charge in [-0.15, -0.1) is 0 Å². The second-order valence-corrected chi connectivity index (χ2v) is 3.49. The van der Waals surface area contributed by atoms with Gasteiger partial charge in [-0.3, -0.25) is 4.79 Å². The van der Waals surface area contributed by atoms with Gasteiger partial charge >= 0.3 is 0 Å². The van der Waals surface area contributed by atoms with Crippen molar-refractivity contribution in [1.29, 1.82) is 0 Å². The van der Waals surface area contributed by atoms with Crippen molar-refractivity contribution in [2.75, 3.05) is 12.3 Å². The van der Waals surface area contributed by atoms with Crippen LogP contribution in [0.5, 0.6) is 0 Å². The lowest BCUT2D eigenvalue weighted by molar-refractivity contribution is 0.282. The largest absolute Gasteiger partial charge is 0.397 e. The number of hydrogen-bond acceptors (Lipinski definition) is 4. The van der Waals surface area contributed by atoms with Crippen molar-refractivity contribution < 1.29 is 5.11 Å². The summed E-state index contributed by atoms with van der Waals surface area (Å²) >= 11 is 0. The van der Waals surface area contributed by atoms with Gasteiger partial charge in [-0.1, -0.05) is 12.8 Å². The number of rotatable bonds is 6. The number of anilines is 1. The molecule has 0 radical (unpaired) electrons. The van der Waals surface area contributed by atoms with Gasteiger partial charge in [0.1, 0.15) is 0 Å². The molecule has 1 aromatic heterocycles. The fourth-order valence-corrected chi connectivity index (χ4v) is 1.34. The van der Waals surface area contributed by atoms with Crippen LogP contribution >= 0.6 is 0 Å². The van der Waals surface area contributed by atoms with E-state index in [1.54, 1.807) is 0 Å². The van der Waals surface area contributed by atoms with E-state index in [1.807, 2.05) is 0 Å². The third-order valence-electron chi connectivity index (χ3n) is 2.17. The monoisotopic (exact) mass is 211 g/mol. The minimum atomic E-state index is -0.155. The van der Waals surface area contributed by atoms with Crippen molar-refractivity contribution in [2.24, 2.45) is 0 Å². The maximum atomic E-state index is 11.3. The zero-order chi connectivity index (χ0) is 11.1. The molecule has 0 saturated carbocycles. The molecular formula is C10H17N3O2. The van der Waals surface area contributed by atoms with Gasteiger partial charge in [-0.2, -0.15) is 5.10 Å². The first-order chi connectivity index (χ1) is 7.24. The van der Waals surface area contributed by atoms with Crippen molar-refractivity contribution >= 4 is 5.69 Å². The fourth-order valence-electron chi connectivity index (χ4n) is 1.34. The minimum absolute atomic E-state index is 0.155. The van der Waals surface area contributed by atoms with Gasteiger partial charge in [0.15, 0.2) is 0 Å². The number of nitrogens with two attached hydrogens (primary N) is 1. The van der Waals surface area contributed by atoms with Crippen LogP contribution in [-0.2, 0) is 6.54 Å². The quantitative estimate of drug-likeness (QED) is 0.666. The second kappa shape index (κ2) is 6.19. The molecule has 5 heteroatoms. The van der Waals surface area contributed by atoms with Crippen molar-refractivity contribution in [2.45, 2.75) is 32.2 Å². The Labute approximate surface area is 88.5 Å². The molecule has 15 heavy (non-hydrogen) atoms. The first-order valence-corrected chi connectivity index (χ1v) is 5.17. The van der Waals surface area contributed by atoms with Gasteiger partial charge in [0, 0.05) is 19.2 Å². The second-order valence-electron chi connectivity index (χ2n) is 3.49. The maximum absolute atomic E-state index is 11.3. The first kappa shape index (κ1) is 11.7. The Morgan fingerprint density at radius 2 is 2.07 bits per heavy atom. The average molecular weight is 211 g/mol. The van der Waals surface area contributed by atoms with Crippen LogP contribution in [0.1, 0.15) is 25.7 Å². The van der Waals surface area contributed by atoms with Gasteiger partial charge < -0.3 is 10.8 Å². The average Bonchev–Trinajstić information content (AvgIpc) is 2.20. The molecule has 0 atom stereocenters. The molecule has 84 valence electrons. The molecule has 0 aromatic carbocycles. The molecule has 1 heterocycles. The molecule has 0 amide bonds. The lowest BCUT2D eigenvalue weighted by Crippen LogP contribution is -2.22. The smallest absolute Gasteiger partial charge is 0.268 e. The molecule has 0 fully saturated rings. The van der Waals surface area contributed by atoms with E-state index in [2.05, 4.69) is 5.10 Å². The van der Waals surface area contributed by atoms with Gasteiger partial charge in [0.2, 0.25) is 0 Å². The Morgan fingerprint density at radius 1 is 1.33 bits per heavy atom. The van der Waals surface area contributed by atoms with Crippen molar-refractivity contribution in [1.82, 2.24) is 9.78 Å². The fraction of sp³-hybridized carbons (Fsp3) is 0.600. The van der Waals surface area contributed by atoms with Crippen LogP contribution in [0, 0.1) is 0 Å². The van der Waals surface area contributed by atoms with E-state index in [-0.39, 0.29) is 12.2 Å². The van der Waals surface area contributed by atoms with E-state index in [0.29, 0.717) is 12.2 Å². The molecule has 5 nitrogen and oxygen atoms in total. The summed E-state index contributed by atoms with van der Waals surface area (Å²) in [4.78, 5) is 11.3. The number of aryl methyl sites for hydroxylation is 1. The summed E-state index contributed by atoms with van der Waals surface area (Å²) in [5.74, 6) is 0. The summed E-state index contributed by atoms with van der Waals surface area (Å²) < 4.78 is 1.41. The number of nitrogens with zero attached hydrogens (tertiary/aromatic N) is 2. The molecule has 0 aliphatic rings. The summed E-state index contributed by atoms with van der Waals surface area (Å²) in [5.41, 5.74) is 5.66. The van der Waals surface area contributed by atoms with E-state index >= 15 is 0 Å². The molecule has 0 spiro atoms. The van der Waals surface area contributed by atoms with Crippen LogP contribution < -0.4 is 11.3 Å². The van der Waals surface area contributed by atoms with Crippen LogP contribution in [0.15, 0.2) is 17.1 Å². The maximum Gasteiger partial charge on any atom is 0.268 e. The topological polar surface area (TPSA) is 81.1 Å². The molecule has 1 aromatic rings. The van der Waals surface area contributed by atoms with E-state index in [4.69, 9.17) is 10.8 Å². The summed E-state index contributed by atoms with van der Waals surface area (Å²) in [5, 5.41) is 12.5. The normalized spacial score (nSPS) is 10.5. The number of nitrogen functional groups attached to an aromatic ring is 1. The summed E-state index contributed by atoms with van der Waals surface area (Å²) in [7, 11) is 0. The molecule has 0 bridgehead atoms. The lowest BCUT2D eigenvalue weighted by Gasteiger charge is -2.03. The van der Waals surface area contributed by atoms with E-state index in [9.17, 15) is 4.79 Å². The van der Waals surface area contributed by atoms with Crippen molar-refractivity contribution in [3.05, 3.63) is 22.6 Å². The summed E-state index contributed by atoms with van der Waals surface area (Å²) in [6.45, 7) is 0.852. The molecule has 3 N–H and O–H groups in total. The highest BCUT2D eigenvalue weighted by atomic mass is 16.2. The number of unbranched alkanes of at least 4 members (excludes halogenated alkanes) is 3. The third kappa shape index (κ3) is 4.12. The zero-order valence-electron chi connectivity index (χ0n) is 8.72. The highest BCUT2D eigenvalue weighted by Crippen LogP contribution is 2.00. The third-order valence-corrected chi connectivity index (χ3v) is 2.17. The first-order valence-electron chi connectivity index (χ1n) is 5.17. The predicted octanol–water partition coefficient (Wildman–Crippen LogP) is 0.378. The van der Waals surface area contributed by atoms with Gasteiger partial charge in [-0.25, -0.2) is 4.68 Å². The Hall–Kier alpha value is -1.36. The molecule has 0 unspecified atom stereocenters. The Bertz CT molecular complexity index is 349. The van der Waals surface area contributed by atoms with Crippen LogP contribution in [0.4, 0.5) is 5.69 Å². The number of aliphatic hydroxyl groups excluding tert-OH is 1. The van der Waals surface area contributed by atoms with Crippen LogP contribution in [0.3, 0.4) is 0 Å². The molecule has 0 aliphatic heterocycles. The molecule has 0 saturated heterocycles. The number of aliphatic hydroxyl groups is 1. The van der Waals surface area contributed by atoms with E-state index in [0.717, 1.165) is 25.7 Å². The summed E-state index contributed by atoms with van der Waals surface area (Å²) in [6, 6.07) is 1.38. The SMILES string of the molecule is Nc1cnn(CCCCCCO)c(=O)c1. The van der Waals surface area contributed by atoms with E-state index < -0.39 is 0 Å². The van der Waals surface area contributed by atoms with E-state index in [1.165, 1.54) is 16.9 Å². The van der Waals surface area contributed by atoms with Gasteiger partial charge in [0.05, 0.1) is 11.9 Å². The Balaban J connectivity index is 2.34. The van der Waals surface area contributed by atoms with Crippen LogP contribution in [0.2, 0.25) is 0 Å². The van der Waals surface area contributed by atoms with Gasteiger partial charge in [-0.05, 0) is 12.8 Å². The Morgan fingerprint density at radius 3 is 2.73 bits per heavy atom. The molecule has 1 rings (SSSR count). The standard InChI is InChI=1S/C10H17N3O2/c11-9-7-10(15)13(12-8-9)5-3-1-2-4-6-14/h7-8,14H,1-6,11H2. The van der Waals surface area contributed by atoms with Crippen LogP contribution in [-0.4, -0.2) is 21.5 Å². The number of aromatic nitrogens is 2. The highest BCUT2D eigenvalue weighted by molar-refractivity contribution is 5.31. The molecular weight excluding hydrogens is 194 g/mol. The van der Waals surface area contributed by atoms with Gasteiger partial charge in [0.25, 0.3) is 5.56 Å². The summed E-state index contributed by atoms with van der Waals surface area (Å²) in [6.07, 6.45) is 5.19. The van der Waals surface area contributed by atoms with Crippen LogP contribution in [0.25, 0.3) is 0 Å². The molecule has 0 aliphatic carbocycles.